The van der Waals surface area contributed by atoms with E-state index in [1.807, 2.05) is 21.1 Å². The summed E-state index contributed by atoms with van der Waals surface area (Å²) in [7, 11) is 3.25. The molecule has 2 atom stereocenters. The van der Waals surface area contributed by atoms with Crippen LogP contribution in [0.25, 0.3) is 0 Å². The van der Waals surface area contributed by atoms with Gasteiger partial charge in [0, 0.05) is 33.5 Å². The molecule has 1 amide bonds. The van der Waals surface area contributed by atoms with E-state index in [9.17, 15) is 14.3 Å². The van der Waals surface area contributed by atoms with Crippen LogP contribution < -0.4 is 4.89 Å². The minimum absolute atomic E-state index is 0.0750. The number of phosphoric acid groups is 1. The van der Waals surface area contributed by atoms with Gasteiger partial charge >= 0.3 is 0 Å². The third kappa shape index (κ3) is 27.4. The Morgan fingerprint density at radius 3 is 1.69 bits per heavy atom. The molecule has 0 bridgehead atoms. The van der Waals surface area contributed by atoms with Crippen LogP contribution in [0.15, 0.2) is 0 Å². The van der Waals surface area contributed by atoms with Crippen LogP contribution in [-0.2, 0) is 23.1 Å². The Morgan fingerprint density at radius 2 is 1.26 bits per heavy atom. The van der Waals surface area contributed by atoms with Crippen molar-refractivity contribution in [1.29, 1.82) is 0 Å². The zero-order chi connectivity index (χ0) is 29.4. The summed E-state index contributed by atoms with van der Waals surface area (Å²) < 4.78 is 29.1. The molecule has 0 aromatic heterocycles. The number of quaternary nitrogens is 1. The average Bonchev–Trinajstić information content (AvgIpc) is 2.85. The molecule has 9 heteroatoms. The quantitative estimate of drug-likeness (QED) is 0.0583. The largest absolute Gasteiger partial charge is 0.756 e. The lowest BCUT2D eigenvalue weighted by Gasteiger charge is -2.30. The first-order chi connectivity index (χ1) is 18.5. The highest BCUT2D eigenvalue weighted by Crippen LogP contribution is 2.40. The van der Waals surface area contributed by atoms with Gasteiger partial charge < -0.3 is 28.1 Å². The molecule has 0 spiro atoms. The molecule has 0 fully saturated rings. The van der Waals surface area contributed by atoms with Crippen LogP contribution in [0.3, 0.4) is 0 Å². The van der Waals surface area contributed by atoms with Gasteiger partial charge in [-0.2, -0.15) is 0 Å². The molecule has 0 heterocycles. The van der Waals surface area contributed by atoms with E-state index >= 15 is 0 Å². The number of rotatable bonds is 28. The summed E-state index contributed by atoms with van der Waals surface area (Å²) in [6.45, 7) is 5.35. The van der Waals surface area contributed by atoms with Crippen LogP contribution in [0, 0.1) is 0 Å². The highest BCUT2D eigenvalue weighted by atomic mass is 31.2. The first-order valence-corrected chi connectivity index (χ1v) is 17.2. The highest BCUT2D eigenvalue weighted by molar-refractivity contribution is 7.45. The Labute approximate surface area is 241 Å². The third-order valence-electron chi connectivity index (χ3n) is 6.96. The molecule has 0 aliphatic heterocycles. The fourth-order valence-electron chi connectivity index (χ4n) is 4.45. The molecule has 0 aromatic rings. The molecule has 0 saturated heterocycles. The second-order valence-electron chi connectivity index (χ2n) is 12.2. The topological polar surface area (TPSA) is 88.1 Å². The molecular formula is C30H63N2O6P. The summed E-state index contributed by atoms with van der Waals surface area (Å²) in [5, 5.41) is 0. The molecule has 0 N–H and O–H groups in total. The Kier molecular flexibility index (Phi) is 23.8. The Hall–Kier alpha value is -0.500. The number of hydrogen-bond acceptors (Lipinski definition) is 6. The highest BCUT2D eigenvalue weighted by Gasteiger charge is 2.21. The van der Waals surface area contributed by atoms with Crippen molar-refractivity contribution in [3.8, 4) is 0 Å². The first kappa shape index (κ1) is 38.5. The molecule has 0 aromatic carbocycles. The van der Waals surface area contributed by atoms with Crippen molar-refractivity contribution in [2.24, 2.45) is 0 Å². The molecule has 0 radical (unpaired) electrons. The Balaban J connectivity index is 3.93. The van der Waals surface area contributed by atoms with E-state index in [1.54, 1.807) is 7.05 Å². The maximum Gasteiger partial charge on any atom is 0.268 e. The molecule has 0 saturated carbocycles. The molecular weight excluding hydrogens is 515 g/mol. The molecule has 2 unspecified atom stereocenters. The van der Waals surface area contributed by atoms with Crippen molar-refractivity contribution in [2.75, 3.05) is 61.1 Å². The minimum Gasteiger partial charge on any atom is -0.756 e. The SMILES string of the molecule is CCCCCCCCCCCCCCCCCCOCC(CN(C)C(C)=O)OP(=O)([O-])OCCC[N+](C)(C)C. The fourth-order valence-corrected chi connectivity index (χ4v) is 5.35. The summed E-state index contributed by atoms with van der Waals surface area (Å²) in [5.41, 5.74) is 0. The average molecular weight is 579 g/mol. The van der Waals surface area contributed by atoms with Gasteiger partial charge in [-0.25, -0.2) is 0 Å². The third-order valence-corrected chi connectivity index (χ3v) is 8.02. The van der Waals surface area contributed by atoms with Crippen LogP contribution in [0.4, 0.5) is 0 Å². The van der Waals surface area contributed by atoms with Crippen molar-refractivity contribution >= 4 is 13.7 Å². The summed E-state index contributed by atoms with van der Waals surface area (Å²) in [6, 6.07) is 0. The van der Waals surface area contributed by atoms with E-state index < -0.39 is 13.9 Å². The second-order valence-corrected chi connectivity index (χ2v) is 13.5. The van der Waals surface area contributed by atoms with Gasteiger partial charge in [0.2, 0.25) is 5.91 Å². The van der Waals surface area contributed by atoms with Gasteiger partial charge in [-0.3, -0.25) is 9.36 Å². The standard InChI is InChI=1S/C30H63N2O6P/c1-7-8-9-10-11-12-13-14-15-16-17-18-19-20-21-22-25-36-28-30(27-31(3)29(2)33)38-39(34,35)37-26-23-24-32(4,5)6/h30H,7-28H2,1-6H3. The number of unbranched alkanes of at least 4 members (excludes halogenated alkanes) is 15. The van der Waals surface area contributed by atoms with Gasteiger partial charge in [0.25, 0.3) is 7.82 Å². The first-order valence-electron chi connectivity index (χ1n) is 15.7. The zero-order valence-electron chi connectivity index (χ0n) is 26.4. The van der Waals surface area contributed by atoms with Gasteiger partial charge in [-0.15, -0.1) is 0 Å². The van der Waals surface area contributed by atoms with Crippen molar-refractivity contribution < 1.29 is 32.5 Å². The molecule has 0 rings (SSSR count). The van der Waals surface area contributed by atoms with Crippen LogP contribution in [-0.4, -0.2) is 82.5 Å². The van der Waals surface area contributed by atoms with Gasteiger partial charge in [0.1, 0.15) is 6.10 Å². The second kappa shape index (κ2) is 24.1. The number of phosphoric ester groups is 1. The molecule has 39 heavy (non-hydrogen) atoms. The Morgan fingerprint density at radius 1 is 0.795 bits per heavy atom. The lowest BCUT2D eigenvalue weighted by atomic mass is 10.0. The smallest absolute Gasteiger partial charge is 0.268 e. The van der Waals surface area contributed by atoms with Crippen molar-refractivity contribution in [3.05, 3.63) is 0 Å². The summed E-state index contributed by atoms with van der Waals surface area (Å²) in [6.07, 6.45) is 20.9. The zero-order valence-corrected chi connectivity index (χ0v) is 27.3. The fraction of sp³-hybridized carbons (Fsp3) is 0.967. The maximum absolute atomic E-state index is 12.3. The number of amides is 1. The van der Waals surface area contributed by atoms with E-state index in [0.29, 0.717) is 13.0 Å². The maximum atomic E-state index is 12.3. The minimum atomic E-state index is -4.49. The van der Waals surface area contributed by atoms with Crippen LogP contribution in [0.2, 0.25) is 0 Å². The number of hydrogen-bond donors (Lipinski definition) is 0. The normalized spacial score (nSPS) is 14.3. The van der Waals surface area contributed by atoms with Crippen LogP contribution >= 0.6 is 7.82 Å². The lowest BCUT2D eigenvalue weighted by Crippen LogP contribution is -2.37. The van der Waals surface area contributed by atoms with E-state index in [1.165, 1.54) is 102 Å². The van der Waals surface area contributed by atoms with Gasteiger partial charge in [0.05, 0.1) is 40.9 Å². The van der Waals surface area contributed by atoms with Crippen molar-refractivity contribution in [1.82, 2.24) is 4.90 Å². The number of nitrogens with zero attached hydrogens (tertiary/aromatic N) is 2. The van der Waals surface area contributed by atoms with E-state index in [2.05, 4.69) is 6.92 Å². The van der Waals surface area contributed by atoms with Gasteiger partial charge in [0.15, 0.2) is 0 Å². The van der Waals surface area contributed by atoms with Gasteiger partial charge in [-0.05, 0) is 6.42 Å². The van der Waals surface area contributed by atoms with Crippen LogP contribution in [0.5, 0.6) is 0 Å². The monoisotopic (exact) mass is 578 g/mol. The van der Waals surface area contributed by atoms with Crippen LogP contribution in [0.1, 0.15) is 123 Å². The number of likely N-dealkylation sites (N-methyl/N-ethyl adjacent to an activating group) is 1. The molecule has 0 aliphatic rings. The van der Waals surface area contributed by atoms with E-state index in [-0.39, 0.29) is 25.7 Å². The van der Waals surface area contributed by atoms with E-state index in [0.717, 1.165) is 23.9 Å². The predicted octanol–water partition coefficient (Wildman–Crippen LogP) is 6.71. The predicted molar refractivity (Wildman–Crippen MR) is 160 cm³/mol. The molecule has 8 nitrogen and oxygen atoms in total. The number of carbonyl (C=O) groups is 1. The van der Waals surface area contributed by atoms with Crippen molar-refractivity contribution in [3.63, 3.8) is 0 Å². The number of ether oxygens (including phenoxy) is 1. The summed E-state index contributed by atoms with van der Waals surface area (Å²) in [4.78, 5) is 25.4. The summed E-state index contributed by atoms with van der Waals surface area (Å²) >= 11 is 0. The number of carbonyl (C=O) groups excluding carboxylic acids is 1. The van der Waals surface area contributed by atoms with Gasteiger partial charge in [-0.1, -0.05) is 103 Å². The molecule has 234 valence electrons. The summed E-state index contributed by atoms with van der Waals surface area (Å²) in [5.74, 6) is -0.161. The lowest BCUT2D eigenvalue weighted by molar-refractivity contribution is -0.870. The van der Waals surface area contributed by atoms with E-state index in [4.69, 9.17) is 13.8 Å². The molecule has 0 aliphatic carbocycles. The van der Waals surface area contributed by atoms with Crippen molar-refractivity contribution in [2.45, 2.75) is 129 Å². The Bertz CT molecular complexity index is 629.